The van der Waals surface area contributed by atoms with Crippen LogP contribution in [-0.4, -0.2) is 27.4 Å². The van der Waals surface area contributed by atoms with Crippen LogP contribution in [-0.2, 0) is 17.8 Å². The number of aromatic nitrogens is 3. The molecule has 2 aromatic rings. The van der Waals surface area contributed by atoms with Crippen molar-refractivity contribution in [2.75, 3.05) is 6.54 Å². The van der Waals surface area contributed by atoms with Crippen molar-refractivity contribution < 1.29 is 4.79 Å². The third kappa shape index (κ3) is 3.89. The van der Waals surface area contributed by atoms with Crippen LogP contribution in [0.3, 0.4) is 0 Å². The van der Waals surface area contributed by atoms with Gasteiger partial charge in [0.2, 0.25) is 5.91 Å². The van der Waals surface area contributed by atoms with Crippen LogP contribution >= 0.6 is 0 Å². The van der Waals surface area contributed by atoms with E-state index in [-0.39, 0.29) is 18.5 Å². The van der Waals surface area contributed by atoms with E-state index in [1.54, 1.807) is 6.20 Å². The fraction of sp³-hybridized carbons (Fsp3) is 0.357. The minimum absolute atomic E-state index is 0.0317. The van der Waals surface area contributed by atoms with E-state index in [0.29, 0.717) is 13.0 Å². The Morgan fingerprint density at radius 2 is 2.15 bits per heavy atom. The predicted molar refractivity (Wildman–Crippen MR) is 75.8 cm³/mol. The highest BCUT2D eigenvalue weighted by atomic mass is 16.2. The predicted octanol–water partition coefficient (Wildman–Crippen LogP) is 0.657. The third-order valence-electron chi connectivity index (χ3n) is 2.97. The number of nitrogens with zero attached hydrogens (tertiary/aromatic N) is 3. The lowest BCUT2D eigenvalue weighted by molar-refractivity contribution is -0.122. The van der Waals surface area contributed by atoms with E-state index >= 15 is 0 Å². The van der Waals surface area contributed by atoms with Crippen LogP contribution in [0.25, 0.3) is 0 Å². The maximum Gasteiger partial charge on any atom is 0.242 e. The second-order valence-corrected chi connectivity index (χ2v) is 4.65. The van der Waals surface area contributed by atoms with Crippen LogP contribution < -0.4 is 11.1 Å². The first kappa shape index (κ1) is 14.2. The van der Waals surface area contributed by atoms with Gasteiger partial charge >= 0.3 is 0 Å². The maximum atomic E-state index is 11.9. The molecule has 0 saturated carbocycles. The molecule has 0 radical (unpaired) electrons. The normalized spacial score (nSPS) is 12.1. The van der Waals surface area contributed by atoms with Gasteiger partial charge in [-0.15, -0.1) is 5.10 Å². The Balaban J connectivity index is 1.88. The van der Waals surface area contributed by atoms with Crippen molar-refractivity contribution in [3.05, 3.63) is 47.8 Å². The first-order valence-corrected chi connectivity index (χ1v) is 6.62. The van der Waals surface area contributed by atoms with E-state index in [0.717, 1.165) is 11.3 Å². The molecule has 0 aliphatic carbocycles. The molecule has 1 aromatic heterocycles. The van der Waals surface area contributed by atoms with Crippen LogP contribution in [0.15, 0.2) is 36.5 Å². The van der Waals surface area contributed by atoms with Gasteiger partial charge in [0, 0.05) is 12.6 Å². The number of amides is 1. The molecule has 1 aromatic carbocycles. The second-order valence-electron chi connectivity index (χ2n) is 4.65. The van der Waals surface area contributed by atoms with Gasteiger partial charge in [0.15, 0.2) is 0 Å². The molecular weight excluding hydrogens is 254 g/mol. The lowest BCUT2D eigenvalue weighted by Gasteiger charge is -2.13. The summed E-state index contributed by atoms with van der Waals surface area (Å²) in [6.07, 6.45) is 2.42. The molecule has 1 heterocycles. The van der Waals surface area contributed by atoms with Crippen LogP contribution in [0.5, 0.6) is 0 Å². The summed E-state index contributed by atoms with van der Waals surface area (Å²) in [5.74, 6) is -0.0921. The number of benzene rings is 1. The van der Waals surface area contributed by atoms with Crippen molar-refractivity contribution in [3.8, 4) is 0 Å². The Labute approximate surface area is 118 Å². The van der Waals surface area contributed by atoms with Crippen LogP contribution in [0.1, 0.15) is 24.2 Å². The molecular formula is C14H19N5O. The van der Waals surface area contributed by atoms with Gasteiger partial charge < -0.3 is 11.1 Å². The molecule has 0 spiro atoms. The van der Waals surface area contributed by atoms with E-state index in [2.05, 4.69) is 15.6 Å². The summed E-state index contributed by atoms with van der Waals surface area (Å²) in [4.78, 5) is 11.9. The molecule has 6 nitrogen and oxygen atoms in total. The number of nitrogens with one attached hydrogen (secondary N) is 1. The van der Waals surface area contributed by atoms with Crippen molar-refractivity contribution in [1.29, 1.82) is 0 Å². The molecule has 0 aliphatic heterocycles. The third-order valence-corrected chi connectivity index (χ3v) is 2.97. The van der Waals surface area contributed by atoms with Crippen LogP contribution in [0.4, 0.5) is 0 Å². The molecule has 2 rings (SSSR count). The van der Waals surface area contributed by atoms with E-state index in [1.165, 1.54) is 4.68 Å². The summed E-state index contributed by atoms with van der Waals surface area (Å²) in [7, 11) is 0. The topological polar surface area (TPSA) is 85.8 Å². The summed E-state index contributed by atoms with van der Waals surface area (Å²) in [6, 6.07) is 9.80. The lowest BCUT2D eigenvalue weighted by Crippen LogP contribution is -2.30. The van der Waals surface area contributed by atoms with Gasteiger partial charge in [0.05, 0.1) is 11.7 Å². The van der Waals surface area contributed by atoms with Crippen LogP contribution in [0, 0.1) is 0 Å². The molecule has 0 saturated heterocycles. The Morgan fingerprint density at radius 1 is 1.40 bits per heavy atom. The zero-order valence-electron chi connectivity index (χ0n) is 11.5. The van der Waals surface area contributed by atoms with Crippen molar-refractivity contribution in [2.45, 2.75) is 25.9 Å². The van der Waals surface area contributed by atoms with Gasteiger partial charge in [-0.25, -0.2) is 4.68 Å². The highest BCUT2D eigenvalue weighted by molar-refractivity contribution is 5.76. The minimum atomic E-state index is -0.0921. The number of hydrogen-bond acceptors (Lipinski definition) is 4. The van der Waals surface area contributed by atoms with Gasteiger partial charge in [0.1, 0.15) is 6.54 Å². The van der Waals surface area contributed by atoms with E-state index in [9.17, 15) is 4.79 Å². The highest BCUT2D eigenvalue weighted by Gasteiger charge is 2.10. The number of nitrogens with two attached hydrogens (primary N) is 1. The molecule has 1 atom stereocenters. The quantitative estimate of drug-likeness (QED) is 0.809. The van der Waals surface area contributed by atoms with Gasteiger partial charge in [0.25, 0.3) is 0 Å². The average Bonchev–Trinajstić information content (AvgIpc) is 2.87. The molecule has 0 fully saturated rings. The second kappa shape index (κ2) is 6.81. The Hall–Kier alpha value is -2.21. The number of hydrogen-bond donors (Lipinski definition) is 2. The maximum absolute atomic E-state index is 11.9. The summed E-state index contributed by atoms with van der Waals surface area (Å²) in [5, 5.41) is 10.8. The number of carbonyl (C=O) groups excluding carboxylic acids is 1. The monoisotopic (exact) mass is 273 g/mol. The Bertz CT molecular complexity index is 552. The Kier molecular flexibility index (Phi) is 4.84. The molecule has 1 unspecified atom stereocenters. The number of rotatable bonds is 6. The smallest absolute Gasteiger partial charge is 0.242 e. The fourth-order valence-electron chi connectivity index (χ4n) is 1.94. The number of carbonyl (C=O) groups is 1. The van der Waals surface area contributed by atoms with E-state index in [1.807, 2.05) is 37.3 Å². The largest absolute Gasteiger partial charge is 0.348 e. The summed E-state index contributed by atoms with van der Waals surface area (Å²) in [5.41, 5.74) is 7.32. The van der Waals surface area contributed by atoms with Gasteiger partial charge in [-0.2, -0.15) is 0 Å². The van der Waals surface area contributed by atoms with Gasteiger partial charge in [-0.05, 0) is 19.0 Å². The molecule has 0 bridgehead atoms. The zero-order valence-corrected chi connectivity index (χ0v) is 11.5. The van der Waals surface area contributed by atoms with E-state index < -0.39 is 0 Å². The summed E-state index contributed by atoms with van der Waals surface area (Å²) >= 11 is 0. The fourth-order valence-corrected chi connectivity index (χ4v) is 1.94. The molecule has 106 valence electrons. The standard InChI is InChI=1S/C14H19N5O/c1-11(12-5-3-2-4-6-12)16-14(20)10-19-9-13(7-8-15)17-18-19/h2-6,9,11H,7-8,10,15H2,1H3,(H,16,20). The van der Waals surface area contributed by atoms with Gasteiger partial charge in [-0.1, -0.05) is 35.5 Å². The highest BCUT2D eigenvalue weighted by Crippen LogP contribution is 2.10. The summed E-state index contributed by atoms with van der Waals surface area (Å²) < 4.78 is 1.53. The minimum Gasteiger partial charge on any atom is -0.348 e. The van der Waals surface area contributed by atoms with Crippen molar-refractivity contribution in [3.63, 3.8) is 0 Å². The Morgan fingerprint density at radius 3 is 2.85 bits per heavy atom. The molecule has 20 heavy (non-hydrogen) atoms. The lowest BCUT2D eigenvalue weighted by atomic mass is 10.1. The first-order chi connectivity index (χ1) is 9.69. The van der Waals surface area contributed by atoms with Crippen molar-refractivity contribution in [2.24, 2.45) is 5.73 Å². The van der Waals surface area contributed by atoms with Crippen LogP contribution in [0.2, 0.25) is 0 Å². The van der Waals surface area contributed by atoms with Crippen molar-refractivity contribution >= 4 is 5.91 Å². The molecule has 3 N–H and O–H groups in total. The molecule has 6 heteroatoms. The summed E-state index contributed by atoms with van der Waals surface area (Å²) in [6.45, 7) is 2.64. The first-order valence-electron chi connectivity index (χ1n) is 6.62. The van der Waals surface area contributed by atoms with Crippen molar-refractivity contribution in [1.82, 2.24) is 20.3 Å². The molecule has 1 amide bonds. The SMILES string of the molecule is CC(NC(=O)Cn1cc(CCN)nn1)c1ccccc1. The zero-order chi connectivity index (χ0) is 14.4. The van der Waals surface area contributed by atoms with E-state index in [4.69, 9.17) is 5.73 Å². The average molecular weight is 273 g/mol. The van der Waals surface area contributed by atoms with Gasteiger partial charge in [-0.3, -0.25) is 4.79 Å². The molecule has 0 aliphatic rings.